The molecule has 1 atom stereocenters. The maximum absolute atomic E-state index is 13.8. The lowest BCUT2D eigenvalue weighted by molar-refractivity contribution is 0.108. The van der Waals surface area contributed by atoms with Crippen molar-refractivity contribution in [2.24, 2.45) is 10.8 Å². The number of rotatable bonds is 0. The van der Waals surface area contributed by atoms with Crippen molar-refractivity contribution in [1.82, 2.24) is 0 Å². The van der Waals surface area contributed by atoms with E-state index in [0.29, 0.717) is 6.61 Å². The van der Waals surface area contributed by atoms with Gasteiger partial charge in [0, 0.05) is 16.9 Å². The summed E-state index contributed by atoms with van der Waals surface area (Å²) in [6.07, 6.45) is 2.24. The van der Waals surface area contributed by atoms with Gasteiger partial charge in [0.05, 0.1) is 6.61 Å². The van der Waals surface area contributed by atoms with Gasteiger partial charge >= 0.3 is 0 Å². The van der Waals surface area contributed by atoms with Crippen LogP contribution >= 0.6 is 0 Å². The van der Waals surface area contributed by atoms with Crippen LogP contribution in [-0.4, -0.2) is 6.61 Å². The average molecular weight is 252 g/mol. The van der Waals surface area contributed by atoms with Gasteiger partial charge in [0.25, 0.3) is 0 Å². The molecule has 3 heteroatoms. The zero-order valence-corrected chi connectivity index (χ0v) is 11.0. The van der Waals surface area contributed by atoms with Crippen molar-refractivity contribution in [3.05, 3.63) is 29.3 Å². The molecule has 0 amide bonds. The predicted octanol–water partition coefficient (Wildman–Crippen LogP) is 4.27. The number of ether oxygens (including phenoxy) is 1. The summed E-state index contributed by atoms with van der Waals surface area (Å²) < 4.78 is 32.6. The number of hydrogen-bond donors (Lipinski definition) is 0. The maximum atomic E-state index is 13.8. The van der Waals surface area contributed by atoms with Crippen molar-refractivity contribution in [2.45, 2.75) is 39.5 Å². The number of benzene rings is 1. The van der Waals surface area contributed by atoms with E-state index in [0.717, 1.165) is 18.4 Å². The molecular weight excluding hydrogens is 234 g/mol. The first kappa shape index (κ1) is 11.9. The summed E-state index contributed by atoms with van der Waals surface area (Å²) in [4.78, 5) is 0. The van der Waals surface area contributed by atoms with E-state index in [9.17, 15) is 8.78 Å². The zero-order valence-electron chi connectivity index (χ0n) is 11.0. The quantitative estimate of drug-likeness (QED) is 0.670. The third-order valence-corrected chi connectivity index (χ3v) is 4.27. The van der Waals surface area contributed by atoms with E-state index in [2.05, 4.69) is 20.8 Å². The summed E-state index contributed by atoms with van der Waals surface area (Å²) in [7, 11) is 0. The highest BCUT2D eigenvalue weighted by Crippen LogP contribution is 2.65. The second-order valence-electron chi connectivity index (χ2n) is 6.73. The van der Waals surface area contributed by atoms with Gasteiger partial charge in [0.1, 0.15) is 0 Å². The van der Waals surface area contributed by atoms with Gasteiger partial charge in [-0.2, -0.15) is 4.39 Å². The molecular formula is C15H18F2O. The topological polar surface area (TPSA) is 9.23 Å². The van der Waals surface area contributed by atoms with Crippen LogP contribution in [0.4, 0.5) is 8.78 Å². The minimum Gasteiger partial charge on any atom is -0.489 e. The average Bonchev–Trinajstić information content (AvgIpc) is 3.02. The van der Waals surface area contributed by atoms with Gasteiger partial charge in [-0.3, -0.25) is 0 Å². The smallest absolute Gasteiger partial charge is 0.200 e. The zero-order chi connectivity index (χ0) is 13.1. The highest BCUT2D eigenvalue weighted by Gasteiger charge is 2.57. The van der Waals surface area contributed by atoms with Crippen molar-refractivity contribution in [3.8, 4) is 5.75 Å². The van der Waals surface area contributed by atoms with Crippen LogP contribution in [0, 0.1) is 22.5 Å². The molecule has 1 aromatic rings. The second kappa shape index (κ2) is 3.46. The van der Waals surface area contributed by atoms with E-state index in [1.807, 2.05) is 0 Å². The Morgan fingerprint density at radius 1 is 1.22 bits per heavy atom. The fourth-order valence-corrected chi connectivity index (χ4v) is 3.53. The fourth-order valence-electron chi connectivity index (χ4n) is 3.53. The molecule has 3 rings (SSSR count). The second-order valence-corrected chi connectivity index (χ2v) is 6.73. The van der Waals surface area contributed by atoms with Crippen molar-refractivity contribution in [1.29, 1.82) is 0 Å². The minimum absolute atomic E-state index is 0.0271. The van der Waals surface area contributed by atoms with Crippen molar-refractivity contribution in [2.75, 3.05) is 6.61 Å². The fraction of sp³-hybridized carbons (Fsp3) is 0.600. The van der Waals surface area contributed by atoms with Crippen LogP contribution in [0.25, 0.3) is 0 Å². The van der Waals surface area contributed by atoms with Crippen LogP contribution in [0.3, 0.4) is 0 Å². The molecule has 18 heavy (non-hydrogen) atoms. The first-order chi connectivity index (χ1) is 8.35. The third kappa shape index (κ3) is 1.56. The molecule has 1 aliphatic heterocycles. The summed E-state index contributed by atoms with van der Waals surface area (Å²) >= 11 is 0. The maximum Gasteiger partial charge on any atom is 0.200 e. The molecule has 0 aromatic heterocycles. The first-order valence-corrected chi connectivity index (χ1v) is 6.46. The SMILES string of the molecule is CC(C)(C)C1c2ccc(F)c(F)c2OCC12CC2. The molecule has 1 aliphatic carbocycles. The van der Waals surface area contributed by atoms with Crippen molar-refractivity contribution >= 4 is 0 Å². The lowest BCUT2D eigenvalue weighted by Crippen LogP contribution is -2.36. The Morgan fingerprint density at radius 2 is 1.89 bits per heavy atom. The highest BCUT2D eigenvalue weighted by atomic mass is 19.2. The Bertz CT molecular complexity index is 498. The minimum atomic E-state index is -0.836. The number of halogens is 2. The van der Waals surface area contributed by atoms with Crippen molar-refractivity contribution in [3.63, 3.8) is 0 Å². The van der Waals surface area contributed by atoms with Gasteiger partial charge in [-0.1, -0.05) is 26.8 Å². The normalized spacial score (nSPS) is 24.6. The molecule has 98 valence electrons. The summed E-state index contributed by atoms with van der Waals surface area (Å²) in [5, 5.41) is 0. The highest BCUT2D eigenvalue weighted by molar-refractivity contribution is 5.44. The van der Waals surface area contributed by atoms with Crippen molar-refractivity contribution < 1.29 is 13.5 Å². The van der Waals surface area contributed by atoms with Gasteiger partial charge < -0.3 is 4.74 Å². The molecule has 1 fully saturated rings. The summed E-state index contributed by atoms with van der Waals surface area (Å²) in [5.41, 5.74) is 1.01. The monoisotopic (exact) mass is 252 g/mol. The van der Waals surface area contributed by atoms with Gasteiger partial charge in [0.2, 0.25) is 5.82 Å². The van der Waals surface area contributed by atoms with E-state index >= 15 is 0 Å². The van der Waals surface area contributed by atoms with Crippen LogP contribution < -0.4 is 4.74 Å². The predicted molar refractivity (Wildman–Crippen MR) is 65.7 cm³/mol. The van der Waals surface area contributed by atoms with E-state index in [1.165, 1.54) is 6.07 Å². The van der Waals surface area contributed by atoms with Gasteiger partial charge in [-0.05, 0) is 24.3 Å². The molecule has 0 radical (unpaired) electrons. The Labute approximate surface area is 106 Å². The summed E-state index contributed by atoms with van der Waals surface area (Å²) in [6, 6.07) is 2.92. The van der Waals surface area contributed by atoms with E-state index in [4.69, 9.17) is 4.74 Å². The van der Waals surface area contributed by atoms with Gasteiger partial charge in [-0.25, -0.2) is 4.39 Å². The summed E-state index contributed by atoms with van der Waals surface area (Å²) in [6.45, 7) is 7.00. The van der Waals surface area contributed by atoms with Crippen LogP contribution in [0.2, 0.25) is 0 Å². The Balaban J connectivity index is 2.17. The molecule has 0 N–H and O–H groups in total. The standard InChI is InChI=1S/C15H18F2O/c1-14(2,3)13-9-4-5-10(16)11(17)12(9)18-8-15(13)6-7-15/h4-5,13H,6-8H2,1-3H3. The van der Waals surface area contributed by atoms with Crippen LogP contribution in [0.15, 0.2) is 12.1 Å². The lowest BCUT2D eigenvalue weighted by Gasteiger charge is -2.42. The molecule has 1 unspecified atom stereocenters. The third-order valence-electron chi connectivity index (χ3n) is 4.27. The first-order valence-electron chi connectivity index (χ1n) is 6.46. The van der Waals surface area contributed by atoms with Crippen LogP contribution in [-0.2, 0) is 0 Å². The molecule has 2 aliphatic rings. The molecule has 0 saturated heterocycles. The molecule has 1 spiro atoms. The van der Waals surface area contributed by atoms with Crippen LogP contribution in [0.1, 0.15) is 45.1 Å². The molecule has 1 nitrogen and oxygen atoms in total. The number of fused-ring (bicyclic) bond motifs is 1. The Morgan fingerprint density at radius 3 is 2.44 bits per heavy atom. The van der Waals surface area contributed by atoms with E-state index in [-0.39, 0.29) is 22.5 Å². The molecule has 1 saturated carbocycles. The van der Waals surface area contributed by atoms with Crippen LogP contribution in [0.5, 0.6) is 5.75 Å². The lowest BCUT2D eigenvalue weighted by atomic mass is 9.66. The molecule has 1 aromatic carbocycles. The van der Waals surface area contributed by atoms with Gasteiger partial charge in [0.15, 0.2) is 11.6 Å². The molecule has 1 heterocycles. The van der Waals surface area contributed by atoms with E-state index in [1.54, 1.807) is 6.07 Å². The summed E-state index contributed by atoms with van der Waals surface area (Å²) in [5.74, 6) is -1.29. The number of hydrogen-bond acceptors (Lipinski definition) is 1. The van der Waals surface area contributed by atoms with Gasteiger partial charge in [-0.15, -0.1) is 0 Å². The largest absolute Gasteiger partial charge is 0.489 e. The Hall–Kier alpha value is -1.12. The Kier molecular flexibility index (Phi) is 2.30. The molecule has 0 bridgehead atoms. The van der Waals surface area contributed by atoms with E-state index < -0.39 is 11.6 Å².